The Labute approximate surface area is 208 Å². The summed E-state index contributed by atoms with van der Waals surface area (Å²) in [6, 6.07) is 13.1. The van der Waals surface area contributed by atoms with E-state index in [0.717, 1.165) is 0 Å². The van der Waals surface area contributed by atoms with Gasteiger partial charge in [0.05, 0.1) is 34.3 Å². The minimum Gasteiger partial charge on any atom is -0.508 e. The van der Waals surface area contributed by atoms with Crippen LogP contribution in [0.2, 0.25) is 0 Å². The second-order valence-electron chi connectivity index (χ2n) is 9.13. The number of aliphatic hydroxyl groups excluding tert-OH is 4. The zero-order valence-electron chi connectivity index (χ0n) is 19.2. The van der Waals surface area contributed by atoms with Crippen molar-refractivity contribution in [3.8, 4) is 22.9 Å². The van der Waals surface area contributed by atoms with Crippen molar-refractivity contribution in [1.29, 1.82) is 0 Å². The molecule has 0 spiro atoms. The number of aromatic hydroxyl groups is 2. The molecule has 4 aromatic rings. The summed E-state index contributed by atoms with van der Waals surface area (Å²) in [6.07, 6.45) is -5.34. The Morgan fingerprint density at radius 2 is 1.76 bits per heavy atom. The topological polar surface area (TPSA) is 181 Å². The molecule has 11 nitrogen and oxygen atoms in total. The van der Waals surface area contributed by atoms with Crippen molar-refractivity contribution >= 4 is 22.4 Å². The van der Waals surface area contributed by atoms with E-state index in [9.17, 15) is 35.4 Å². The lowest BCUT2D eigenvalue weighted by molar-refractivity contribution is -0.250. The number of amides is 1. The molecule has 2 aliphatic heterocycles. The standard InChI is InChI=1S/C26H23N3O8/c30-10-19-21(32)22(33)23(34)26(37-19)29-9-15(13-7-11(31)5-6-18(13)29)17-8-14(24(35)28-17)20-12-3-1-2-4-16(12)27-25(20)36/h1-9,19,21-23,26,28,30-35H,10H2/t19-,21-,22+,23-,26-/m1/s1. The fourth-order valence-corrected chi connectivity index (χ4v) is 5.08. The molecule has 1 saturated heterocycles. The van der Waals surface area contributed by atoms with Crippen LogP contribution in [0.4, 0.5) is 0 Å². The Hall–Kier alpha value is -4.00. The third-order valence-corrected chi connectivity index (χ3v) is 6.92. The zero-order chi connectivity index (χ0) is 26.0. The molecule has 190 valence electrons. The van der Waals surface area contributed by atoms with Crippen molar-refractivity contribution in [2.45, 2.75) is 30.6 Å². The molecule has 4 heterocycles. The molecule has 6 rings (SSSR count). The van der Waals surface area contributed by atoms with E-state index in [-0.39, 0.29) is 22.8 Å². The first kappa shape index (κ1) is 23.4. The van der Waals surface area contributed by atoms with Gasteiger partial charge in [-0.1, -0.05) is 18.2 Å². The summed E-state index contributed by atoms with van der Waals surface area (Å²) in [5.74, 6) is -0.771. The third-order valence-electron chi connectivity index (χ3n) is 6.92. The Balaban J connectivity index is 1.51. The van der Waals surface area contributed by atoms with Gasteiger partial charge in [0.25, 0.3) is 5.91 Å². The molecule has 5 atom stereocenters. The highest BCUT2D eigenvalue weighted by Gasteiger charge is 2.44. The Kier molecular flexibility index (Phi) is 5.40. The summed E-state index contributed by atoms with van der Waals surface area (Å²) >= 11 is 0. The van der Waals surface area contributed by atoms with Gasteiger partial charge < -0.3 is 44.9 Å². The molecule has 11 heteroatoms. The van der Waals surface area contributed by atoms with E-state index >= 15 is 0 Å². The zero-order valence-corrected chi connectivity index (χ0v) is 19.2. The quantitative estimate of drug-likeness (QED) is 0.192. The van der Waals surface area contributed by atoms with E-state index in [2.05, 4.69) is 9.98 Å². The van der Waals surface area contributed by atoms with Crippen LogP contribution in [0.25, 0.3) is 27.7 Å². The van der Waals surface area contributed by atoms with Crippen LogP contribution >= 0.6 is 0 Å². The van der Waals surface area contributed by atoms with Crippen molar-refractivity contribution in [2.24, 2.45) is 4.99 Å². The molecular weight excluding hydrogens is 482 g/mol. The second kappa shape index (κ2) is 8.54. The number of nitrogens with zero attached hydrogens (tertiary/aromatic N) is 2. The molecule has 0 radical (unpaired) electrons. The van der Waals surface area contributed by atoms with E-state index in [1.54, 1.807) is 42.6 Å². The van der Waals surface area contributed by atoms with Crippen molar-refractivity contribution in [1.82, 2.24) is 9.55 Å². The van der Waals surface area contributed by atoms with Gasteiger partial charge in [0.2, 0.25) is 0 Å². The van der Waals surface area contributed by atoms with Crippen molar-refractivity contribution in [3.05, 3.63) is 70.9 Å². The average Bonchev–Trinajstić information content (AvgIpc) is 3.54. The van der Waals surface area contributed by atoms with Crippen LogP contribution in [0.15, 0.2) is 59.7 Å². The fourth-order valence-electron chi connectivity index (χ4n) is 5.08. The molecule has 0 saturated carbocycles. The summed E-state index contributed by atoms with van der Waals surface area (Å²) in [7, 11) is 0. The number of hydrogen-bond donors (Lipinski definition) is 7. The van der Waals surface area contributed by atoms with Gasteiger partial charge in [0.1, 0.15) is 30.2 Å². The van der Waals surface area contributed by atoms with E-state index < -0.39 is 43.2 Å². The van der Waals surface area contributed by atoms with Crippen molar-refractivity contribution in [3.63, 3.8) is 0 Å². The number of aromatic amines is 1. The molecule has 1 fully saturated rings. The number of carbonyl (C=O) groups excluding carboxylic acids is 1. The smallest absolute Gasteiger partial charge is 0.279 e. The van der Waals surface area contributed by atoms with Crippen LogP contribution in [-0.2, 0) is 9.53 Å². The van der Waals surface area contributed by atoms with Gasteiger partial charge >= 0.3 is 0 Å². The number of para-hydroxylation sites is 1. The van der Waals surface area contributed by atoms with Crippen molar-refractivity contribution in [2.75, 3.05) is 6.61 Å². The van der Waals surface area contributed by atoms with Gasteiger partial charge in [-0.15, -0.1) is 0 Å². The number of carbonyl (C=O) groups is 1. The molecule has 37 heavy (non-hydrogen) atoms. The summed E-state index contributed by atoms with van der Waals surface area (Å²) < 4.78 is 7.25. The summed E-state index contributed by atoms with van der Waals surface area (Å²) in [6.45, 7) is -0.582. The van der Waals surface area contributed by atoms with Crippen LogP contribution in [0, 0.1) is 0 Å². The van der Waals surface area contributed by atoms with Gasteiger partial charge in [-0.05, 0) is 30.3 Å². The molecule has 2 aromatic heterocycles. The van der Waals surface area contributed by atoms with Crippen LogP contribution in [0.5, 0.6) is 11.6 Å². The molecule has 0 unspecified atom stereocenters. The van der Waals surface area contributed by atoms with Crippen molar-refractivity contribution < 1.29 is 40.2 Å². The Bertz CT molecular complexity index is 1670. The maximum Gasteiger partial charge on any atom is 0.279 e. The molecule has 0 aliphatic carbocycles. The van der Waals surface area contributed by atoms with Gasteiger partial charge in [0.15, 0.2) is 12.1 Å². The van der Waals surface area contributed by atoms with E-state index in [4.69, 9.17) is 4.74 Å². The van der Waals surface area contributed by atoms with Gasteiger partial charge in [-0.2, -0.15) is 0 Å². The first-order valence-electron chi connectivity index (χ1n) is 11.6. The van der Waals surface area contributed by atoms with Crippen LogP contribution < -0.4 is 10.6 Å². The van der Waals surface area contributed by atoms with Crippen LogP contribution in [0.1, 0.15) is 11.8 Å². The van der Waals surface area contributed by atoms with Gasteiger partial charge in [-0.3, -0.25) is 4.79 Å². The highest BCUT2D eigenvalue weighted by molar-refractivity contribution is 6.21. The Morgan fingerprint density at radius 3 is 2.54 bits per heavy atom. The molecule has 1 amide bonds. The summed E-state index contributed by atoms with van der Waals surface area (Å²) in [5.41, 5.74) is 1.88. The minimum atomic E-state index is -1.58. The van der Waals surface area contributed by atoms with E-state index in [1.807, 2.05) is 0 Å². The summed E-state index contributed by atoms with van der Waals surface area (Å²) in [5, 5.41) is 63.4. The molecule has 2 aromatic carbocycles. The number of aromatic nitrogens is 2. The predicted molar refractivity (Wildman–Crippen MR) is 129 cm³/mol. The van der Waals surface area contributed by atoms with E-state index in [1.165, 1.54) is 16.7 Å². The monoisotopic (exact) mass is 505 g/mol. The number of nitrogens with one attached hydrogen (secondary N) is 1. The third kappa shape index (κ3) is 3.56. The summed E-state index contributed by atoms with van der Waals surface area (Å²) in [4.78, 5) is 19.6. The number of phenolic OH excluding ortho intramolecular Hbond substituents is 1. The number of hydrogen-bond acceptors (Lipinski definition) is 8. The maximum absolute atomic E-state index is 12.7. The second-order valence-corrected chi connectivity index (χ2v) is 9.13. The normalized spacial score (nSPS) is 25.5. The lowest BCUT2D eigenvalue weighted by Crippen LogP contribution is -2.56. The number of rotatable bonds is 4. The average molecular weight is 505 g/mol. The highest BCUT2D eigenvalue weighted by atomic mass is 16.6. The number of benzene rings is 2. The maximum atomic E-state index is 12.7. The van der Waals surface area contributed by atoms with Crippen LogP contribution in [-0.4, -0.2) is 77.1 Å². The van der Waals surface area contributed by atoms with Gasteiger partial charge in [0, 0.05) is 22.4 Å². The molecule has 0 bridgehead atoms. The SMILES string of the molecule is O=C1N=c2ccccc2=C1c1cc(-c2cn([C@@H]3O[C@H](CO)[C@@H](O)[C@H](O)[C@H]3O)c3ccc(O)cc23)[nH]c1O. The number of fused-ring (bicyclic) bond motifs is 2. The largest absolute Gasteiger partial charge is 0.508 e. The molecule has 7 N–H and O–H groups in total. The number of H-pyrrole nitrogens is 1. The Morgan fingerprint density at radius 1 is 0.973 bits per heavy atom. The van der Waals surface area contributed by atoms with Gasteiger partial charge in [-0.25, -0.2) is 4.99 Å². The molecule has 2 aliphatic rings. The number of aliphatic hydroxyl groups is 4. The predicted octanol–water partition coefficient (Wildman–Crippen LogP) is -0.621. The lowest BCUT2D eigenvalue weighted by Gasteiger charge is -2.40. The fraction of sp³-hybridized carbons (Fsp3) is 0.231. The number of phenols is 1. The van der Waals surface area contributed by atoms with E-state index in [0.29, 0.717) is 32.7 Å². The molecular formula is C26H23N3O8. The first-order chi connectivity index (χ1) is 17.8. The lowest BCUT2D eigenvalue weighted by atomic mass is 9.98. The van der Waals surface area contributed by atoms with Crippen LogP contribution in [0.3, 0.4) is 0 Å². The minimum absolute atomic E-state index is 0.0376. The first-order valence-corrected chi connectivity index (χ1v) is 11.6. The highest BCUT2D eigenvalue weighted by Crippen LogP contribution is 2.40. The number of ether oxygens (including phenoxy) is 1.